The van der Waals surface area contributed by atoms with Crippen LogP contribution >= 0.6 is 0 Å². The predicted molar refractivity (Wildman–Crippen MR) is 91.4 cm³/mol. The Kier molecular flexibility index (Phi) is 3.81. The van der Waals surface area contributed by atoms with Crippen LogP contribution in [0.4, 0.5) is 14.5 Å². The fourth-order valence-corrected chi connectivity index (χ4v) is 3.57. The van der Waals surface area contributed by atoms with Crippen molar-refractivity contribution >= 4 is 5.69 Å². The molecule has 4 rings (SSSR count). The fourth-order valence-electron chi connectivity index (χ4n) is 3.57. The highest BCUT2D eigenvalue weighted by molar-refractivity contribution is 5.59. The number of ether oxygens (including phenoxy) is 2. The average molecular weight is 345 g/mol. The van der Waals surface area contributed by atoms with E-state index in [1.54, 1.807) is 6.07 Å². The highest BCUT2D eigenvalue weighted by Crippen LogP contribution is 2.47. The van der Waals surface area contributed by atoms with Gasteiger partial charge in [0.25, 0.3) is 0 Å². The molecule has 132 valence electrons. The summed E-state index contributed by atoms with van der Waals surface area (Å²) in [6.07, 6.45) is -0.703. The molecule has 0 bridgehead atoms. The van der Waals surface area contributed by atoms with E-state index in [9.17, 15) is 8.78 Å². The maximum atomic E-state index is 14.3. The minimum atomic E-state index is -0.858. The van der Waals surface area contributed by atoms with Gasteiger partial charge in [0, 0.05) is 16.8 Å². The van der Waals surface area contributed by atoms with E-state index in [0.29, 0.717) is 0 Å². The Morgan fingerprint density at radius 2 is 1.84 bits per heavy atom. The summed E-state index contributed by atoms with van der Waals surface area (Å²) < 4.78 is 39.5. The second-order valence-electron chi connectivity index (χ2n) is 7.65. The van der Waals surface area contributed by atoms with Crippen LogP contribution in [0, 0.1) is 11.6 Å². The minimum absolute atomic E-state index is 0.00943. The second kappa shape index (κ2) is 5.78. The number of anilines is 1. The van der Waals surface area contributed by atoms with Crippen molar-refractivity contribution in [3.05, 3.63) is 64.7 Å². The van der Waals surface area contributed by atoms with Gasteiger partial charge in [0.2, 0.25) is 0 Å². The summed E-state index contributed by atoms with van der Waals surface area (Å²) in [5.74, 6) is -1.70. The molecule has 0 spiro atoms. The molecule has 3 atom stereocenters. The molecule has 2 aromatic rings. The normalized spacial score (nSPS) is 25.2. The van der Waals surface area contributed by atoms with Gasteiger partial charge in [-0.25, -0.2) is 8.78 Å². The molecule has 1 N–H and O–H groups in total. The fraction of sp³-hybridized carbons (Fsp3) is 0.400. The highest BCUT2D eigenvalue weighted by atomic mass is 19.2. The van der Waals surface area contributed by atoms with E-state index in [2.05, 4.69) is 38.2 Å². The number of halogens is 2. The van der Waals surface area contributed by atoms with Crippen molar-refractivity contribution in [2.75, 3.05) is 12.1 Å². The van der Waals surface area contributed by atoms with Crippen molar-refractivity contribution in [1.29, 1.82) is 0 Å². The van der Waals surface area contributed by atoms with Crippen LogP contribution in [0.3, 0.4) is 0 Å². The Labute approximate surface area is 146 Å². The summed E-state index contributed by atoms with van der Waals surface area (Å²) in [6, 6.07) is 9.87. The van der Waals surface area contributed by atoms with E-state index < -0.39 is 23.8 Å². The van der Waals surface area contributed by atoms with Crippen LogP contribution in [0.25, 0.3) is 0 Å². The number of hydrogen-bond acceptors (Lipinski definition) is 3. The summed E-state index contributed by atoms with van der Waals surface area (Å²) in [5.41, 5.74) is 3.33. The standard InChI is InChI=1S/C20H21F2NO2/c1-20(2,3)11-7-8-15-13(9-11)18-19(25-10-24-18)17(23-15)12-5-4-6-14(21)16(12)22/h4-9,17-19,23H,10H2,1-3H3. The van der Waals surface area contributed by atoms with Crippen molar-refractivity contribution in [1.82, 2.24) is 0 Å². The SMILES string of the molecule is CC(C)(C)c1ccc2c(c1)C1OCOC1C(c1cccc(F)c1F)N2. The first-order chi connectivity index (χ1) is 11.9. The molecule has 2 heterocycles. The van der Waals surface area contributed by atoms with E-state index in [1.807, 2.05) is 6.07 Å². The summed E-state index contributed by atoms with van der Waals surface area (Å²) in [7, 11) is 0. The van der Waals surface area contributed by atoms with Crippen LogP contribution in [0.15, 0.2) is 36.4 Å². The molecule has 5 heteroatoms. The number of nitrogens with one attached hydrogen (secondary N) is 1. The topological polar surface area (TPSA) is 30.5 Å². The van der Waals surface area contributed by atoms with Crippen molar-refractivity contribution in [2.24, 2.45) is 0 Å². The van der Waals surface area contributed by atoms with Crippen LogP contribution in [-0.2, 0) is 14.9 Å². The number of hydrogen-bond donors (Lipinski definition) is 1. The van der Waals surface area contributed by atoms with Gasteiger partial charge in [-0.15, -0.1) is 0 Å². The molecular formula is C20H21F2NO2. The van der Waals surface area contributed by atoms with Gasteiger partial charge in [-0.2, -0.15) is 0 Å². The first-order valence-corrected chi connectivity index (χ1v) is 8.44. The number of fused-ring (bicyclic) bond motifs is 3. The molecule has 3 nitrogen and oxygen atoms in total. The molecule has 0 radical (unpaired) electrons. The Bertz CT molecular complexity index is 816. The van der Waals surface area contributed by atoms with Crippen LogP contribution in [0.1, 0.15) is 49.6 Å². The summed E-state index contributed by atoms with van der Waals surface area (Å²) in [5, 5.41) is 3.32. The zero-order valence-corrected chi connectivity index (χ0v) is 14.5. The van der Waals surface area contributed by atoms with Gasteiger partial charge in [0.05, 0.1) is 6.04 Å². The molecule has 0 amide bonds. The lowest BCUT2D eigenvalue weighted by atomic mass is 9.82. The van der Waals surface area contributed by atoms with Crippen molar-refractivity contribution in [3.63, 3.8) is 0 Å². The van der Waals surface area contributed by atoms with Crippen LogP contribution in [0.5, 0.6) is 0 Å². The molecule has 0 aliphatic carbocycles. The monoisotopic (exact) mass is 345 g/mol. The summed E-state index contributed by atoms with van der Waals surface area (Å²) in [4.78, 5) is 0. The smallest absolute Gasteiger partial charge is 0.164 e. The molecule has 25 heavy (non-hydrogen) atoms. The van der Waals surface area contributed by atoms with Gasteiger partial charge in [-0.05, 0) is 23.1 Å². The third-order valence-electron chi connectivity index (χ3n) is 4.99. The molecule has 1 fully saturated rings. The predicted octanol–water partition coefficient (Wildman–Crippen LogP) is 4.84. The molecule has 0 aromatic heterocycles. The van der Waals surface area contributed by atoms with E-state index in [4.69, 9.17) is 9.47 Å². The maximum absolute atomic E-state index is 14.3. The van der Waals surface area contributed by atoms with Gasteiger partial charge in [-0.1, -0.05) is 45.0 Å². The number of benzene rings is 2. The Balaban J connectivity index is 1.79. The molecule has 2 aromatic carbocycles. The first kappa shape index (κ1) is 16.5. The van der Waals surface area contributed by atoms with Gasteiger partial charge in [0.15, 0.2) is 11.6 Å². The van der Waals surface area contributed by atoms with Crippen LogP contribution in [0.2, 0.25) is 0 Å². The zero-order valence-electron chi connectivity index (χ0n) is 14.5. The van der Waals surface area contributed by atoms with Gasteiger partial charge >= 0.3 is 0 Å². The van der Waals surface area contributed by atoms with E-state index in [1.165, 1.54) is 11.6 Å². The lowest BCUT2D eigenvalue weighted by Crippen LogP contribution is -2.35. The highest BCUT2D eigenvalue weighted by Gasteiger charge is 2.44. The third kappa shape index (κ3) is 2.71. The van der Waals surface area contributed by atoms with E-state index in [0.717, 1.165) is 17.3 Å². The Hall–Kier alpha value is -1.98. The maximum Gasteiger partial charge on any atom is 0.164 e. The lowest BCUT2D eigenvalue weighted by molar-refractivity contribution is 0.0365. The van der Waals surface area contributed by atoms with Crippen LogP contribution in [-0.4, -0.2) is 12.9 Å². The van der Waals surface area contributed by atoms with Crippen molar-refractivity contribution in [3.8, 4) is 0 Å². The molecule has 0 saturated carbocycles. The van der Waals surface area contributed by atoms with E-state index >= 15 is 0 Å². The number of rotatable bonds is 1. The lowest BCUT2D eigenvalue weighted by Gasteiger charge is -2.36. The third-order valence-corrected chi connectivity index (χ3v) is 4.99. The molecule has 2 aliphatic rings. The molecule has 1 saturated heterocycles. The average Bonchev–Trinajstić information content (AvgIpc) is 3.05. The Morgan fingerprint density at radius 3 is 2.60 bits per heavy atom. The first-order valence-electron chi connectivity index (χ1n) is 8.44. The molecular weight excluding hydrogens is 324 g/mol. The second-order valence-corrected chi connectivity index (χ2v) is 7.65. The van der Waals surface area contributed by atoms with Gasteiger partial charge in [0.1, 0.15) is 19.0 Å². The van der Waals surface area contributed by atoms with Crippen molar-refractivity contribution < 1.29 is 18.3 Å². The Morgan fingerprint density at radius 1 is 1.04 bits per heavy atom. The van der Waals surface area contributed by atoms with Gasteiger partial charge in [-0.3, -0.25) is 0 Å². The van der Waals surface area contributed by atoms with Crippen molar-refractivity contribution in [2.45, 2.75) is 44.4 Å². The van der Waals surface area contributed by atoms with Crippen LogP contribution < -0.4 is 5.32 Å². The summed E-state index contributed by atoms with van der Waals surface area (Å²) in [6.45, 7) is 6.60. The van der Waals surface area contributed by atoms with Gasteiger partial charge < -0.3 is 14.8 Å². The molecule has 3 unspecified atom stereocenters. The largest absolute Gasteiger partial charge is 0.375 e. The zero-order chi connectivity index (χ0) is 17.8. The van der Waals surface area contributed by atoms with E-state index in [-0.39, 0.29) is 23.9 Å². The quantitative estimate of drug-likeness (QED) is 0.802. The minimum Gasteiger partial charge on any atom is -0.375 e. The molecule has 2 aliphatic heterocycles. The summed E-state index contributed by atoms with van der Waals surface area (Å²) >= 11 is 0.